The number of benzene rings is 1. The minimum Gasteiger partial charge on any atom is -0.351 e. The summed E-state index contributed by atoms with van der Waals surface area (Å²) in [6, 6.07) is 2.30. The lowest BCUT2D eigenvalue weighted by atomic mass is 10.1. The Labute approximate surface area is 144 Å². The highest BCUT2D eigenvalue weighted by molar-refractivity contribution is 6.34. The monoisotopic (exact) mass is 374 g/mol. The Balaban J connectivity index is 2.24. The summed E-state index contributed by atoms with van der Waals surface area (Å²) in [5, 5.41) is -0.212. The van der Waals surface area contributed by atoms with Gasteiger partial charge in [-0.05, 0) is 31.4 Å². The van der Waals surface area contributed by atoms with Gasteiger partial charge in [-0.1, -0.05) is 17.7 Å². The number of aromatic nitrogens is 2. The van der Waals surface area contributed by atoms with Crippen LogP contribution in [0.5, 0.6) is 0 Å². The van der Waals surface area contributed by atoms with E-state index in [2.05, 4.69) is 9.97 Å². The summed E-state index contributed by atoms with van der Waals surface area (Å²) in [4.78, 5) is 19.7. The third-order valence-electron chi connectivity index (χ3n) is 3.77. The molecule has 0 radical (unpaired) electrons. The molecule has 132 valence electrons. The van der Waals surface area contributed by atoms with E-state index in [0.29, 0.717) is 17.7 Å². The van der Waals surface area contributed by atoms with Crippen LogP contribution in [0.4, 0.5) is 34.0 Å². The first-order valence-corrected chi connectivity index (χ1v) is 7.58. The molecule has 2 amide bonds. The molecule has 0 spiro atoms. The van der Waals surface area contributed by atoms with Crippen molar-refractivity contribution >= 4 is 29.3 Å². The molecule has 0 bridgehead atoms. The Morgan fingerprint density at radius 3 is 2.56 bits per heavy atom. The fourth-order valence-electron chi connectivity index (χ4n) is 2.77. The van der Waals surface area contributed by atoms with Crippen LogP contribution in [0.3, 0.4) is 0 Å². The predicted octanol–water partition coefficient (Wildman–Crippen LogP) is 3.99. The number of anilines is 2. The van der Waals surface area contributed by atoms with E-state index in [0.717, 1.165) is 6.07 Å². The standard InChI is InChI=1S/C15H11ClF4N4O/c16-8-4-2-5-9(17)11(8)24(13(21)25)14-22-10-6-1-3-7(10)12(23-14)15(18,19)20/h2,4-5H,1,3,6H2,(H2,21,25). The minimum atomic E-state index is -4.74. The number of urea groups is 1. The normalized spacial score (nSPS) is 13.6. The van der Waals surface area contributed by atoms with Crippen LogP contribution in [-0.2, 0) is 19.0 Å². The van der Waals surface area contributed by atoms with Crippen LogP contribution in [0, 0.1) is 5.82 Å². The van der Waals surface area contributed by atoms with Crippen LogP contribution in [0.25, 0.3) is 0 Å². The largest absolute Gasteiger partial charge is 0.433 e. The van der Waals surface area contributed by atoms with Gasteiger partial charge in [-0.3, -0.25) is 0 Å². The summed E-state index contributed by atoms with van der Waals surface area (Å²) in [5.41, 5.74) is 3.75. The van der Waals surface area contributed by atoms with Gasteiger partial charge in [-0.15, -0.1) is 0 Å². The lowest BCUT2D eigenvalue weighted by molar-refractivity contribution is -0.141. The van der Waals surface area contributed by atoms with Gasteiger partial charge in [0.2, 0.25) is 5.95 Å². The molecule has 1 aromatic carbocycles. The van der Waals surface area contributed by atoms with E-state index >= 15 is 0 Å². The molecular weight excluding hydrogens is 364 g/mol. The second-order valence-corrected chi connectivity index (χ2v) is 5.80. The summed E-state index contributed by atoms with van der Waals surface area (Å²) in [6.45, 7) is 0. The van der Waals surface area contributed by atoms with E-state index in [1.54, 1.807) is 0 Å². The average molecular weight is 375 g/mol. The van der Waals surface area contributed by atoms with Gasteiger partial charge in [0.05, 0.1) is 5.02 Å². The summed E-state index contributed by atoms with van der Waals surface area (Å²) >= 11 is 5.90. The topological polar surface area (TPSA) is 72.1 Å². The van der Waals surface area contributed by atoms with Crippen molar-refractivity contribution in [2.45, 2.75) is 25.4 Å². The molecule has 0 atom stereocenters. The quantitative estimate of drug-likeness (QED) is 0.808. The van der Waals surface area contributed by atoms with E-state index in [9.17, 15) is 22.4 Å². The van der Waals surface area contributed by atoms with Crippen molar-refractivity contribution in [1.29, 1.82) is 0 Å². The molecule has 1 aromatic heterocycles. The van der Waals surface area contributed by atoms with Gasteiger partial charge in [0.1, 0.15) is 11.5 Å². The molecule has 3 rings (SSSR count). The van der Waals surface area contributed by atoms with Crippen molar-refractivity contribution in [3.05, 3.63) is 46.0 Å². The van der Waals surface area contributed by atoms with Crippen LogP contribution in [0.2, 0.25) is 5.02 Å². The number of hydrogen-bond acceptors (Lipinski definition) is 3. The molecule has 0 fully saturated rings. The van der Waals surface area contributed by atoms with Crippen LogP contribution in [0.1, 0.15) is 23.4 Å². The van der Waals surface area contributed by atoms with Crippen molar-refractivity contribution < 1.29 is 22.4 Å². The van der Waals surface area contributed by atoms with Gasteiger partial charge >= 0.3 is 12.2 Å². The molecule has 10 heteroatoms. The number of nitrogens with zero attached hydrogens (tertiary/aromatic N) is 3. The van der Waals surface area contributed by atoms with E-state index in [1.807, 2.05) is 0 Å². The molecule has 0 aliphatic heterocycles. The molecule has 2 N–H and O–H groups in total. The first kappa shape index (κ1) is 17.4. The number of carbonyl (C=O) groups excluding carboxylic acids is 1. The molecule has 1 heterocycles. The van der Waals surface area contributed by atoms with Gasteiger partial charge in [-0.25, -0.2) is 24.1 Å². The number of fused-ring (bicyclic) bond motifs is 1. The van der Waals surface area contributed by atoms with Crippen LogP contribution >= 0.6 is 11.6 Å². The molecule has 1 aliphatic carbocycles. The number of para-hydroxylation sites is 1. The first-order chi connectivity index (χ1) is 11.7. The highest BCUT2D eigenvalue weighted by atomic mass is 35.5. The number of aryl methyl sites for hydroxylation is 1. The zero-order valence-electron chi connectivity index (χ0n) is 12.6. The molecule has 2 aromatic rings. The van der Waals surface area contributed by atoms with Crippen molar-refractivity contribution in [3.8, 4) is 0 Å². The highest BCUT2D eigenvalue weighted by Gasteiger charge is 2.39. The van der Waals surface area contributed by atoms with Crippen molar-refractivity contribution in [2.75, 3.05) is 4.90 Å². The smallest absolute Gasteiger partial charge is 0.351 e. The van der Waals surface area contributed by atoms with Gasteiger partial charge in [-0.2, -0.15) is 13.2 Å². The number of carbonyl (C=O) groups is 1. The Kier molecular flexibility index (Phi) is 4.28. The number of primary amides is 1. The van der Waals surface area contributed by atoms with Gasteiger partial charge in [0, 0.05) is 11.3 Å². The maximum Gasteiger partial charge on any atom is 0.433 e. The molecule has 0 saturated carbocycles. The molecule has 5 nitrogen and oxygen atoms in total. The molecular formula is C15H11ClF4N4O. The van der Waals surface area contributed by atoms with E-state index in [1.165, 1.54) is 12.1 Å². The fourth-order valence-corrected chi connectivity index (χ4v) is 3.01. The van der Waals surface area contributed by atoms with Crippen LogP contribution in [0.15, 0.2) is 18.2 Å². The Bertz CT molecular complexity index is 836. The Hall–Kier alpha value is -2.42. The average Bonchev–Trinajstić information content (AvgIpc) is 2.96. The summed E-state index contributed by atoms with van der Waals surface area (Å²) in [7, 11) is 0. The van der Waals surface area contributed by atoms with Crippen LogP contribution < -0.4 is 10.6 Å². The maximum atomic E-state index is 14.1. The SMILES string of the molecule is NC(=O)N(c1nc2c(c(C(F)(F)F)n1)CCC2)c1c(F)cccc1Cl. The van der Waals surface area contributed by atoms with E-state index < -0.39 is 35.4 Å². The van der Waals surface area contributed by atoms with Gasteiger partial charge in [0.15, 0.2) is 5.69 Å². The molecule has 0 saturated heterocycles. The zero-order chi connectivity index (χ0) is 18.4. The second kappa shape index (κ2) is 6.14. The summed E-state index contributed by atoms with van der Waals surface area (Å²) in [5.74, 6) is -1.60. The second-order valence-electron chi connectivity index (χ2n) is 5.39. The Morgan fingerprint density at radius 2 is 1.96 bits per heavy atom. The van der Waals surface area contributed by atoms with Crippen molar-refractivity contribution in [2.24, 2.45) is 5.73 Å². The van der Waals surface area contributed by atoms with E-state index in [4.69, 9.17) is 17.3 Å². The Morgan fingerprint density at radius 1 is 1.24 bits per heavy atom. The van der Waals surface area contributed by atoms with Gasteiger partial charge < -0.3 is 5.73 Å². The van der Waals surface area contributed by atoms with Crippen molar-refractivity contribution in [1.82, 2.24) is 9.97 Å². The molecule has 0 unspecified atom stereocenters. The lowest BCUT2D eigenvalue weighted by Gasteiger charge is -2.22. The van der Waals surface area contributed by atoms with E-state index in [-0.39, 0.29) is 22.7 Å². The number of amides is 2. The zero-order valence-corrected chi connectivity index (χ0v) is 13.3. The number of alkyl halides is 3. The number of halogens is 5. The maximum absolute atomic E-state index is 14.1. The third-order valence-corrected chi connectivity index (χ3v) is 4.08. The number of rotatable bonds is 2. The fraction of sp³-hybridized carbons (Fsp3) is 0.267. The van der Waals surface area contributed by atoms with Crippen molar-refractivity contribution in [3.63, 3.8) is 0 Å². The van der Waals surface area contributed by atoms with Crippen LogP contribution in [-0.4, -0.2) is 16.0 Å². The predicted molar refractivity (Wildman–Crippen MR) is 82.2 cm³/mol. The molecule has 1 aliphatic rings. The third kappa shape index (κ3) is 3.11. The number of nitrogens with two attached hydrogens (primary N) is 1. The first-order valence-electron chi connectivity index (χ1n) is 7.20. The minimum absolute atomic E-state index is 0.0136. The number of hydrogen-bond donors (Lipinski definition) is 1. The molecule has 25 heavy (non-hydrogen) atoms. The summed E-state index contributed by atoms with van der Waals surface area (Å²) < 4.78 is 54.1. The lowest BCUT2D eigenvalue weighted by Crippen LogP contribution is -2.34. The summed E-state index contributed by atoms with van der Waals surface area (Å²) in [6.07, 6.45) is -3.78. The highest BCUT2D eigenvalue weighted by Crippen LogP contribution is 2.38. The van der Waals surface area contributed by atoms with Gasteiger partial charge in [0.25, 0.3) is 0 Å².